The van der Waals surface area contributed by atoms with E-state index in [-0.39, 0.29) is 12.0 Å². The fourth-order valence-electron chi connectivity index (χ4n) is 3.02. The summed E-state index contributed by atoms with van der Waals surface area (Å²) in [4.78, 5) is 10.8. The number of hydrogen-bond donors (Lipinski definition) is 2. The molecule has 2 saturated carbocycles. The van der Waals surface area contributed by atoms with Crippen molar-refractivity contribution in [2.75, 3.05) is 0 Å². The van der Waals surface area contributed by atoms with Crippen LogP contribution in [0.2, 0.25) is 0 Å². The van der Waals surface area contributed by atoms with Crippen molar-refractivity contribution in [2.45, 2.75) is 38.2 Å². The summed E-state index contributed by atoms with van der Waals surface area (Å²) in [6, 6.07) is 0. The summed E-state index contributed by atoms with van der Waals surface area (Å²) >= 11 is 0. The van der Waals surface area contributed by atoms with E-state index in [0.29, 0.717) is 11.8 Å². The SMILES string of the molecule is O=C(O)[C@H]1C[C@@H]2C[C@@H](O)C[C@@H](C2)C1. The number of fused-ring (bicyclic) bond motifs is 2. The predicted molar refractivity (Wildman–Crippen MR) is 47.2 cm³/mol. The molecule has 0 radical (unpaired) electrons. The number of hydrogen-bond acceptors (Lipinski definition) is 2. The van der Waals surface area contributed by atoms with Crippen molar-refractivity contribution in [3.8, 4) is 0 Å². The summed E-state index contributed by atoms with van der Waals surface area (Å²) in [6.45, 7) is 0. The Hall–Kier alpha value is -0.570. The largest absolute Gasteiger partial charge is 0.481 e. The van der Waals surface area contributed by atoms with Gasteiger partial charge in [-0.2, -0.15) is 0 Å². The first-order valence-electron chi connectivity index (χ1n) is 5.06. The fraction of sp³-hybridized carbons (Fsp3) is 0.900. The summed E-state index contributed by atoms with van der Waals surface area (Å²) in [6.07, 6.45) is 4.17. The smallest absolute Gasteiger partial charge is 0.306 e. The normalized spacial score (nSPS) is 44.4. The minimum Gasteiger partial charge on any atom is -0.481 e. The molecule has 0 aliphatic heterocycles. The Morgan fingerprint density at radius 1 is 1.00 bits per heavy atom. The molecule has 2 bridgehead atoms. The first kappa shape index (κ1) is 9.00. The van der Waals surface area contributed by atoms with Crippen LogP contribution in [0.4, 0.5) is 0 Å². The van der Waals surface area contributed by atoms with Crippen LogP contribution in [0.3, 0.4) is 0 Å². The molecule has 0 aromatic heterocycles. The third-order valence-electron chi connectivity index (χ3n) is 3.46. The van der Waals surface area contributed by atoms with Crippen LogP contribution in [0.5, 0.6) is 0 Å². The Labute approximate surface area is 77.8 Å². The monoisotopic (exact) mass is 184 g/mol. The molecule has 2 aliphatic carbocycles. The van der Waals surface area contributed by atoms with Crippen molar-refractivity contribution >= 4 is 5.97 Å². The number of carboxylic acids is 1. The van der Waals surface area contributed by atoms with E-state index in [4.69, 9.17) is 5.11 Å². The lowest BCUT2D eigenvalue weighted by Crippen LogP contribution is -2.35. The molecule has 74 valence electrons. The molecule has 2 aliphatic rings. The van der Waals surface area contributed by atoms with E-state index in [1.165, 1.54) is 0 Å². The van der Waals surface area contributed by atoms with Gasteiger partial charge in [-0.05, 0) is 43.9 Å². The Balaban J connectivity index is 2.01. The van der Waals surface area contributed by atoms with E-state index in [9.17, 15) is 9.90 Å². The van der Waals surface area contributed by atoms with Crippen molar-refractivity contribution in [3.63, 3.8) is 0 Å². The molecule has 2 fully saturated rings. The highest BCUT2D eigenvalue weighted by Gasteiger charge is 2.37. The van der Waals surface area contributed by atoms with E-state index < -0.39 is 5.97 Å². The zero-order valence-corrected chi connectivity index (χ0v) is 7.65. The third-order valence-corrected chi connectivity index (χ3v) is 3.46. The minimum atomic E-state index is -0.647. The number of aliphatic hydroxyl groups excluding tert-OH is 1. The molecule has 0 amide bonds. The minimum absolute atomic E-state index is 0.142. The first-order chi connectivity index (χ1) is 6.15. The number of carbonyl (C=O) groups is 1. The van der Waals surface area contributed by atoms with E-state index in [1.807, 2.05) is 0 Å². The quantitative estimate of drug-likeness (QED) is 0.645. The molecule has 3 heteroatoms. The Morgan fingerprint density at radius 3 is 2.00 bits per heavy atom. The maximum atomic E-state index is 10.8. The fourth-order valence-corrected chi connectivity index (χ4v) is 3.02. The van der Waals surface area contributed by atoms with Crippen molar-refractivity contribution in [2.24, 2.45) is 17.8 Å². The second-order valence-electron chi connectivity index (χ2n) is 4.60. The lowest BCUT2D eigenvalue weighted by atomic mass is 9.67. The van der Waals surface area contributed by atoms with Crippen LogP contribution in [0, 0.1) is 17.8 Å². The van der Waals surface area contributed by atoms with Gasteiger partial charge in [-0.15, -0.1) is 0 Å². The van der Waals surface area contributed by atoms with E-state index >= 15 is 0 Å². The Kier molecular flexibility index (Phi) is 2.28. The second-order valence-corrected chi connectivity index (χ2v) is 4.60. The van der Waals surface area contributed by atoms with Crippen LogP contribution in [0.25, 0.3) is 0 Å². The molecule has 0 aromatic rings. The third kappa shape index (κ3) is 1.85. The van der Waals surface area contributed by atoms with E-state index in [2.05, 4.69) is 0 Å². The van der Waals surface area contributed by atoms with Crippen molar-refractivity contribution in [3.05, 3.63) is 0 Å². The lowest BCUT2D eigenvalue weighted by Gasteiger charge is -2.39. The maximum absolute atomic E-state index is 10.8. The number of carboxylic acid groups (broad SMARTS) is 1. The Morgan fingerprint density at radius 2 is 1.54 bits per heavy atom. The Bertz CT molecular complexity index is 196. The summed E-state index contributed by atoms with van der Waals surface area (Å²) in [5, 5.41) is 18.4. The van der Waals surface area contributed by atoms with Gasteiger partial charge in [0.25, 0.3) is 0 Å². The molecule has 3 nitrogen and oxygen atoms in total. The summed E-state index contributed by atoms with van der Waals surface area (Å²) in [7, 11) is 0. The van der Waals surface area contributed by atoms with Gasteiger partial charge in [0.15, 0.2) is 0 Å². The van der Waals surface area contributed by atoms with Gasteiger partial charge in [-0.1, -0.05) is 0 Å². The summed E-state index contributed by atoms with van der Waals surface area (Å²) in [5.74, 6) is 0.134. The van der Waals surface area contributed by atoms with Gasteiger partial charge in [-0.25, -0.2) is 0 Å². The molecule has 13 heavy (non-hydrogen) atoms. The number of aliphatic carboxylic acids is 1. The highest BCUT2D eigenvalue weighted by atomic mass is 16.4. The molecule has 0 spiro atoms. The van der Waals surface area contributed by atoms with Crippen LogP contribution < -0.4 is 0 Å². The van der Waals surface area contributed by atoms with Crippen molar-refractivity contribution < 1.29 is 15.0 Å². The van der Waals surface area contributed by atoms with Gasteiger partial charge < -0.3 is 10.2 Å². The lowest BCUT2D eigenvalue weighted by molar-refractivity contribution is -0.145. The molecule has 0 saturated heterocycles. The molecule has 2 N–H and O–H groups in total. The highest BCUT2D eigenvalue weighted by Crippen LogP contribution is 2.42. The molecule has 0 unspecified atom stereocenters. The highest BCUT2D eigenvalue weighted by molar-refractivity contribution is 5.70. The van der Waals surface area contributed by atoms with Gasteiger partial charge in [0.1, 0.15) is 0 Å². The maximum Gasteiger partial charge on any atom is 0.306 e. The molecular formula is C10H16O3. The molecule has 2 rings (SSSR count). The van der Waals surface area contributed by atoms with Gasteiger partial charge >= 0.3 is 5.97 Å². The molecule has 4 atom stereocenters. The first-order valence-corrected chi connectivity index (χ1v) is 5.06. The zero-order chi connectivity index (χ0) is 9.42. The van der Waals surface area contributed by atoms with Crippen LogP contribution in [0.1, 0.15) is 32.1 Å². The van der Waals surface area contributed by atoms with E-state index in [1.54, 1.807) is 0 Å². The van der Waals surface area contributed by atoms with Crippen LogP contribution >= 0.6 is 0 Å². The molecular weight excluding hydrogens is 168 g/mol. The molecule has 0 heterocycles. The second kappa shape index (κ2) is 3.29. The van der Waals surface area contributed by atoms with Gasteiger partial charge in [-0.3, -0.25) is 4.79 Å². The van der Waals surface area contributed by atoms with Crippen molar-refractivity contribution in [1.82, 2.24) is 0 Å². The predicted octanol–water partition coefficient (Wildman–Crippen LogP) is 1.26. The van der Waals surface area contributed by atoms with Gasteiger partial charge in [0, 0.05) is 0 Å². The van der Waals surface area contributed by atoms with Gasteiger partial charge in [0.2, 0.25) is 0 Å². The zero-order valence-electron chi connectivity index (χ0n) is 7.65. The average molecular weight is 184 g/mol. The topological polar surface area (TPSA) is 57.5 Å². The van der Waals surface area contributed by atoms with Crippen LogP contribution in [-0.4, -0.2) is 22.3 Å². The van der Waals surface area contributed by atoms with Crippen LogP contribution in [-0.2, 0) is 4.79 Å². The van der Waals surface area contributed by atoms with Gasteiger partial charge in [0.05, 0.1) is 12.0 Å². The standard InChI is InChI=1S/C10H16O3/c11-9-4-6-1-7(5-9)3-8(2-6)10(12)13/h6-9,11H,1-5H2,(H,12,13)/t6-,7+,8+,9-. The number of aliphatic hydroxyl groups is 1. The summed E-state index contributed by atoms with van der Waals surface area (Å²) in [5.41, 5.74) is 0. The van der Waals surface area contributed by atoms with Crippen LogP contribution in [0.15, 0.2) is 0 Å². The summed E-state index contributed by atoms with van der Waals surface area (Å²) < 4.78 is 0. The van der Waals surface area contributed by atoms with E-state index in [0.717, 1.165) is 32.1 Å². The van der Waals surface area contributed by atoms with Crippen molar-refractivity contribution in [1.29, 1.82) is 0 Å². The molecule has 0 aromatic carbocycles. The average Bonchev–Trinajstić information content (AvgIpc) is 2.01. The number of rotatable bonds is 1.